The Labute approximate surface area is 154 Å². The molecule has 0 bridgehead atoms. The molecule has 2 fully saturated rings. The molecule has 0 radical (unpaired) electrons. The number of carbonyl (C=O) groups is 2. The lowest BCUT2D eigenvalue weighted by Gasteiger charge is -2.39. The molecule has 1 saturated carbocycles. The Morgan fingerprint density at radius 3 is 2.73 bits per heavy atom. The van der Waals surface area contributed by atoms with Crippen molar-refractivity contribution in [2.24, 2.45) is 11.1 Å². The van der Waals surface area contributed by atoms with Gasteiger partial charge >= 0.3 is 0 Å². The molecule has 7 heteroatoms. The Hall–Kier alpha value is -1.89. The number of likely N-dealkylation sites (tertiary alicyclic amines) is 1. The minimum absolute atomic E-state index is 0.0464. The highest BCUT2D eigenvalue weighted by atomic mass is 16.5. The largest absolute Gasteiger partial charge is 0.360 e. The lowest BCUT2D eigenvalue weighted by atomic mass is 9.88. The summed E-state index contributed by atoms with van der Waals surface area (Å²) in [6.07, 6.45) is 4.17. The van der Waals surface area contributed by atoms with Gasteiger partial charge < -0.3 is 20.5 Å². The van der Waals surface area contributed by atoms with Crippen molar-refractivity contribution in [1.29, 1.82) is 0 Å². The van der Waals surface area contributed by atoms with Crippen molar-refractivity contribution in [3.63, 3.8) is 0 Å². The quantitative estimate of drug-likeness (QED) is 0.806. The fourth-order valence-electron chi connectivity index (χ4n) is 3.47. The number of nitrogens with zero attached hydrogens (tertiary/aromatic N) is 2. The van der Waals surface area contributed by atoms with Crippen LogP contribution in [0.2, 0.25) is 0 Å². The van der Waals surface area contributed by atoms with E-state index >= 15 is 0 Å². The van der Waals surface area contributed by atoms with Crippen molar-refractivity contribution >= 4 is 11.8 Å². The van der Waals surface area contributed by atoms with Crippen LogP contribution in [0.3, 0.4) is 0 Å². The van der Waals surface area contributed by atoms with E-state index in [0.717, 1.165) is 31.4 Å². The number of amides is 2. The van der Waals surface area contributed by atoms with Crippen molar-refractivity contribution in [2.45, 2.75) is 70.9 Å². The Kier molecular flexibility index (Phi) is 5.37. The summed E-state index contributed by atoms with van der Waals surface area (Å²) in [5.41, 5.74) is 5.91. The molecule has 1 aliphatic carbocycles. The van der Waals surface area contributed by atoms with Gasteiger partial charge in [-0.3, -0.25) is 9.59 Å². The summed E-state index contributed by atoms with van der Waals surface area (Å²) in [6, 6.07) is 1.89. The maximum atomic E-state index is 12.6. The minimum atomic E-state index is -0.193. The number of hydrogen-bond acceptors (Lipinski definition) is 5. The summed E-state index contributed by atoms with van der Waals surface area (Å²) >= 11 is 0. The number of nitrogens with one attached hydrogen (secondary N) is 1. The number of piperidine rings is 1. The molecule has 0 unspecified atom stereocenters. The summed E-state index contributed by atoms with van der Waals surface area (Å²) in [5, 5.41) is 6.93. The highest BCUT2D eigenvalue weighted by molar-refractivity contribution is 5.92. The van der Waals surface area contributed by atoms with E-state index < -0.39 is 0 Å². The van der Waals surface area contributed by atoms with Gasteiger partial charge in [0.25, 0.3) is 5.91 Å². The van der Waals surface area contributed by atoms with Gasteiger partial charge in [-0.2, -0.15) is 0 Å². The second-order valence-electron chi connectivity index (χ2n) is 8.56. The molecule has 26 heavy (non-hydrogen) atoms. The van der Waals surface area contributed by atoms with Crippen LogP contribution in [0, 0.1) is 5.41 Å². The normalized spacial score (nSPS) is 23.8. The van der Waals surface area contributed by atoms with Gasteiger partial charge in [0.05, 0.1) is 0 Å². The van der Waals surface area contributed by atoms with E-state index in [2.05, 4.69) is 10.5 Å². The Morgan fingerprint density at radius 1 is 1.38 bits per heavy atom. The summed E-state index contributed by atoms with van der Waals surface area (Å²) in [5.74, 6) is 1.20. The molecular formula is C19H30N4O3. The second-order valence-corrected chi connectivity index (χ2v) is 8.56. The third-order valence-electron chi connectivity index (χ3n) is 5.45. The topological polar surface area (TPSA) is 101 Å². The van der Waals surface area contributed by atoms with Crippen LogP contribution in [0.15, 0.2) is 10.6 Å². The molecular weight excluding hydrogens is 332 g/mol. The molecule has 144 valence electrons. The molecule has 0 spiro atoms. The predicted molar refractivity (Wildman–Crippen MR) is 97.6 cm³/mol. The van der Waals surface area contributed by atoms with E-state index in [9.17, 15) is 9.59 Å². The minimum Gasteiger partial charge on any atom is -0.360 e. The zero-order valence-electron chi connectivity index (χ0n) is 16.0. The van der Waals surface area contributed by atoms with Crippen molar-refractivity contribution < 1.29 is 14.1 Å². The van der Waals surface area contributed by atoms with Gasteiger partial charge in [0, 0.05) is 37.0 Å². The zero-order valence-corrected chi connectivity index (χ0v) is 16.0. The Balaban J connectivity index is 1.51. The fourth-order valence-corrected chi connectivity index (χ4v) is 3.47. The lowest BCUT2D eigenvalue weighted by molar-refractivity contribution is -0.136. The van der Waals surface area contributed by atoms with Crippen LogP contribution >= 0.6 is 0 Å². The van der Waals surface area contributed by atoms with Crippen molar-refractivity contribution in [3.8, 4) is 0 Å². The molecule has 1 aliphatic heterocycles. The van der Waals surface area contributed by atoms with Gasteiger partial charge in [0.2, 0.25) is 5.91 Å². The summed E-state index contributed by atoms with van der Waals surface area (Å²) < 4.78 is 5.25. The smallest absolute Gasteiger partial charge is 0.273 e. The van der Waals surface area contributed by atoms with Crippen molar-refractivity contribution in [2.75, 3.05) is 13.1 Å². The van der Waals surface area contributed by atoms with Crippen LogP contribution in [0.5, 0.6) is 0 Å². The number of rotatable bonds is 6. The highest BCUT2D eigenvalue weighted by Crippen LogP contribution is 2.40. The fraction of sp³-hybridized carbons (Fsp3) is 0.737. The molecule has 7 nitrogen and oxygen atoms in total. The molecule has 2 aliphatic rings. The Bertz CT molecular complexity index is 665. The first-order valence-electron chi connectivity index (χ1n) is 9.56. The summed E-state index contributed by atoms with van der Waals surface area (Å²) in [6.45, 7) is 7.19. The SMILES string of the molecule is C[C@@H]1C[C@@H](NC(=O)c2cc(C3CC3)on2)CCN1C(=O)CC(C)(C)CN. The van der Waals surface area contributed by atoms with E-state index in [1.165, 1.54) is 0 Å². The molecule has 3 N–H and O–H groups in total. The van der Waals surface area contributed by atoms with E-state index in [1.54, 1.807) is 6.07 Å². The first-order chi connectivity index (χ1) is 12.3. The van der Waals surface area contributed by atoms with Crippen LogP contribution in [-0.4, -0.2) is 47.0 Å². The van der Waals surface area contributed by atoms with Gasteiger partial charge in [-0.1, -0.05) is 19.0 Å². The van der Waals surface area contributed by atoms with E-state index in [0.29, 0.717) is 31.1 Å². The van der Waals surface area contributed by atoms with Gasteiger partial charge in [-0.05, 0) is 44.6 Å². The number of nitrogens with two attached hydrogens (primary N) is 1. The van der Waals surface area contributed by atoms with Crippen LogP contribution in [-0.2, 0) is 4.79 Å². The molecule has 0 aromatic carbocycles. The predicted octanol–water partition coefficient (Wildman–Crippen LogP) is 2.04. The maximum Gasteiger partial charge on any atom is 0.273 e. The van der Waals surface area contributed by atoms with Gasteiger partial charge in [-0.15, -0.1) is 0 Å². The maximum absolute atomic E-state index is 12.6. The summed E-state index contributed by atoms with van der Waals surface area (Å²) in [4.78, 5) is 26.9. The van der Waals surface area contributed by atoms with Gasteiger partial charge in [0.1, 0.15) is 5.76 Å². The van der Waals surface area contributed by atoms with Crippen LogP contribution in [0.4, 0.5) is 0 Å². The molecule has 2 atom stereocenters. The zero-order chi connectivity index (χ0) is 18.9. The standard InChI is InChI=1S/C19H30N4O3/c1-12-8-14(6-7-23(12)17(24)10-19(2,3)11-20)21-18(25)15-9-16(26-22-15)13-4-5-13/h9,12-14H,4-8,10-11,20H2,1-3H3,(H,21,25)/t12-,14+/m1/s1. The first kappa shape index (κ1) is 18.9. The molecule has 1 saturated heterocycles. The molecule has 2 amide bonds. The highest BCUT2D eigenvalue weighted by Gasteiger charge is 2.33. The Morgan fingerprint density at radius 2 is 2.12 bits per heavy atom. The number of aromatic nitrogens is 1. The monoisotopic (exact) mass is 362 g/mol. The lowest BCUT2D eigenvalue weighted by Crippen LogP contribution is -2.51. The number of hydrogen-bond donors (Lipinski definition) is 2. The first-order valence-corrected chi connectivity index (χ1v) is 9.56. The van der Waals surface area contributed by atoms with Crippen LogP contribution in [0.25, 0.3) is 0 Å². The van der Waals surface area contributed by atoms with Gasteiger partial charge in [-0.25, -0.2) is 0 Å². The third kappa shape index (κ3) is 4.44. The van der Waals surface area contributed by atoms with Crippen LogP contribution < -0.4 is 11.1 Å². The average molecular weight is 362 g/mol. The molecule has 2 heterocycles. The second kappa shape index (κ2) is 7.39. The van der Waals surface area contributed by atoms with E-state index in [4.69, 9.17) is 10.3 Å². The molecule has 1 aromatic heterocycles. The van der Waals surface area contributed by atoms with E-state index in [1.807, 2.05) is 25.7 Å². The molecule has 1 aromatic rings. The van der Waals surface area contributed by atoms with Crippen molar-refractivity contribution in [1.82, 2.24) is 15.4 Å². The molecule has 3 rings (SSSR count). The van der Waals surface area contributed by atoms with E-state index in [-0.39, 0.29) is 29.3 Å². The summed E-state index contributed by atoms with van der Waals surface area (Å²) in [7, 11) is 0. The van der Waals surface area contributed by atoms with Crippen molar-refractivity contribution in [3.05, 3.63) is 17.5 Å². The van der Waals surface area contributed by atoms with Gasteiger partial charge in [0.15, 0.2) is 5.69 Å². The third-order valence-corrected chi connectivity index (χ3v) is 5.45. The average Bonchev–Trinajstić information content (AvgIpc) is 3.31. The number of carbonyl (C=O) groups excluding carboxylic acids is 2. The van der Waals surface area contributed by atoms with Crippen LogP contribution in [0.1, 0.15) is 75.0 Å².